The molecule has 29 heavy (non-hydrogen) atoms. The van der Waals surface area contributed by atoms with Crippen molar-refractivity contribution >= 4 is 42.9 Å². The van der Waals surface area contributed by atoms with Crippen LogP contribution in [-0.2, 0) is 21.3 Å². The first-order chi connectivity index (χ1) is 13.5. The molecule has 2 aromatic heterocycles. The standard InChI is InChI=1S/C20H22BrN3O4S/c1-20(2,3)28-19(25)23(4)12-14-13-24(18-10-15(21)7-8-17(14)18)29(26,27)16-6-5-9-22-11-16/h5-11,13H,12H2,1-4H3. The van der Waals surface area contributed by atoms with Crippen molar-refractivity contribution in [1.82, 2.24) is 13.9 Å². The number of aromatic nitrogens is 2. The Balaban J connectivity index is 2.06. The van der Waals surface area contributed by atoms with Crippen LogP contribution in [0.15, 0.2) is 58.3 Å². The van der Waals surface area contributed by atoms with Gasteiger partial charge in [-0.05, 0) is 50.6 Å². The number of benzene rings is 1. The highest BCUT2D eigenvalue weighted by molar-refractivity contribution is 9.10. The second kappa shape index (κ2) is 7.79. The molecular formula is C20H22BrN3O4S. The van der Waals surface area contributed by atoms with Crippen LogP contribution in [0.25, 0.3) is 10.9 Å². The average molecular weight is 480 g/mol. The molecule has 0 atom stereocenters. The van der Waals surface area contributed by atoms with Gasteiger partial charge in [-0.1, -0.05) is 22.0 Å². The van der Waals surface area contributed by atoms with Crippen LogP contribution in [0.3, 0.4) is 0 Å². The van der Waals surface area contributed by atoms with E-state index in [0.717, 1.165) is 9.86 Å². The predicted molar refractivity (Wildman–Crippen MR) is 114 cm³/mol. The zero-order valence-electron chi connectivity index (χ0n) is 16.6. The maximum Gasteiger partial charge on any atom is 0.410 e. The fourth-order valence-electron chi connectivity index (χ4n) is 2.84. The van der Waals surface area contributed by atoms with Gasteiger partial charge in [0.25, 0.3) is 10.0 Å². The Morgan fingerprint density at radius 2 is 2.00 bits per heavy atom. The van der Waals surface area contributed by atoms with Crippen LogP contribution < -0.4 is 0 Å². The summed E-state index contributed by atoms with van der Waals surface area (Å²) in [4.78, 5) is 17.8. The Morgan fingerprint density at radius 3 is 2.62 bits per heavy atom. The molecule has 0 saturated heterocycles. The molecule has 0 unspecified atom stereocenters. The highest BCUT2D eigenvalue weighted by atomic mass is 79.9. The molecule has 0 fully saturated rings. The van der Waals surface area contributed by atoms with Gasteiger partial charge in [-0.25, -0.2) is 17.2 Å². The average Bonchev–Trinajstić information content (AvgIpc) is 2.99. The number of carbonyl (C=O) groups is 1. The van der Waals surface area contributed by atoms with Crippen molar-refractivity contribution in [2.75, 3.05) is 7.05 Å². The molecule has 0 aliphatic rings. The summed E-state index contributed by atoms with van der Waals surface area (Å²) in [7, 11) is -2.23. The molecule has 0 bridgehead atoms. The van der Waals surface area contributed by atoms with Crippen molar-refractivity contribution in [3.8, 4) is 0 Å². The molecular weight excluding hydrogens is 458 g/mol. The number of hydrogen-bond acceptors (Lipinski definition) is 5. The Kier molecular flexibility index (Phi) is 5.73. The van der Waals surface area contributed by atoms with Gasteiger partial charge in [-0.3, -0.25) is 4.98 Å². The molecule has 3 aromatic rings. The van der Waals surface area contributed by atoms with E-state index in [1.54, 1.807) is 46.1 Å². The van der Waals surface area contributed by atoms with Crippen molar-refractivity contribution in [1.29, 1.82) is 0 Å². The second-order valence-corrected chi connectivity index (χ2v) is 10.4. The fraction of sp³-hybridized carbons (Fsp3) is 0.300. The summed E-state index contributed by atoms with van der Waals surface area (Å²) in [5.74, 6) is 0. The third-order valence-corrected chi connectivity index (χ3v) is 6.27. The molecule has 0 spiro atoms. The van der Waals surface area contributed by atoms with Crippen LogP contribution in [0.1, 0.15) is 26.3 Å². The summed E-state index contributed by atoms with van der Waals surface area (Å²) >= 11 is 3.40. The first-order valence-corrected chi connectivity index (χ1v) is 11.1. The molecule has 0 N–H and O–H groups in total. The van der Waals surface area contributed by atoms with Crippen molar-refractivity contribution in [3.63, 3.8) is 0 Å². The molecule has 0 saturated carbocycles. The highest BCUT2D eigenvalue weighted by Gasteiger charge is 2.24. The fourth-order valence-corrected chi connectivity index (χ4v) is 4.53. The Hall–Kier alpha value is -2.39. The van der Waals surface area contributed by atoms with Gasteiger partial charge >= 0.3 is 6.09 Å². The molecule has 9 heteroatoms. The third-order valence-electron chi connectivity index (χ3n) is 4.12. The van der Waals surface area contributed by atoms with Crippen molar-refractivity contribution in [2.24, 2.45) is 0 Å². The summed E-state index contributed by atoms with van der Waals surface area (Å²) in [5, 5.41) is 0.732. The van der Waals surface area contributed by atoms with Crippen LogP contribution in [0, 0.1) is 0 Å². The lowest BCUT2D eigenvalue weighted by atomic mass is 10.1. The van der Waals surface area contributed by atoms with Gasteiger partial charge in [0, 0.05) is 35.5 Å². The maximum absolute atomic E-state index is 13.2. The van der Waals surface area contributed by atoms with Gasteiger partial charge in [0.1, 0.15) is 10.5 Å². The molecule has 154 valence electrons. The lowest BCUT2D eigenvalue weighted by Crippen LogP contribution is -2.33. The monoisotopic (exact) mass is 479 g/mol. The number of nitrogens with zero attached hydrogens (tertiary/aromatic N) is 3. The van der Waals surface area contributed by atoms with Gasteiger partial charge in [0.15, 0.2) is 0 Å². The number of rotatable bonds is 4. The lowest BCUT2D eigenvalue weighted by molar-refractivity contribution is 0.0286. The quantitative estimate of drug-likeness (QED) is 0.553. The van der Waals surface area contributed by atoms with Gasteiger partial charge in [0.2, 0.25) is 0 Å². The van der Waals surface area contributed by atoms with Gasteiger partial charge < -0.3 is 9.64 Å². The first-order valence-electron chi connectivity index (χ1n) is 8.88. The number of pyridine rings is 1. The summed E-state index contributed by atoms with van der Waals surface area (Å²) in [6.07, 6.45) is 3.89. The predicted octanol–water partition coefficient (Wildman–Crippen LogP) is 4.40. The van der Waals surface area contributed by atoms with E-state index >= 15 is 0 Å². The van der Waals surface area contributed by atoms with E-state index < -0.39 is 21.7 Å². The number of ether oxygens (including phenoxy) is 1. The number of fused-ring (bicyclic) bond motifs is 1. The summed E-state index contributed by atoms with van der Waals surface area (Å²) in [5.41, 5.74) is 0.581. The smallest absolute Gasteiger partial charge is 0.410 e. The second-order valence-electron chi connectivity index (χ2n) is 7.64. The summed E-state index contributed by atoms with van der Waals surface area (Å²) in [6.45, 7) is 5.58. The van der Waals surface area contributed by atoms with Crippen LogP contribution in [-0.4, -0.2) is 41.0 Å². The highest BCUT2D eigenvalue weighted by Crippen LogP contribution is 2.29. The molecule has 3 rings (SSSR count). The zero-order valence-corrected chi connectivity index (χ0v) is 19.0. The van der Waals surface area contributed by atoms with Crippen LogP contribution in [0.5, 0.6) is 0 Å². The molecule has 7 nitrogen and oxygen atoms in total. The van der Waals surface area contributed by atoms with Crippen molar-refractivity contribution in [2.45, 2.75) is 37.8 Å². The minimum atomic E-state index is -3.85. The van der Waals surface area contributed by atoms with Crippen LogP contribution >= 0.6 is 15.9 Å². The van der Waals surface area contributed by atoms with E-state index in [1.807, 2.05) is 12.1 Å². The summed E-state index contributed by atoms with van der Waals surface area (Å²) in [6, 6.07) is 8.47. The van der Waals surface area contributed by atoms with E-state index in [2.05, 4.69) is 20.9 Å². The lowest BCUT2D eigenvalue weighted by Gasteiger charge is -2.24. The van der Waals surface area contributed by atoms with Crippen molar-refractivity contribution in [3.05, 3.63) is 59.0 Å². The number of halogens is 1. The van der Waals surface area contributed by atoms with E-state index in [0.29, 0.717) is 11.1 Å². The molecule has 1 aromatic carbocycles. The van der Waals surface area contributed by atoms with E-state index in [-0.39, 0.29) is 11.4 Å². The first kappa shape index (κ1) is 21.3. The Bertz CT molecular complexity index is 1150. The van der Waals surface area contributed by atoms with Crippen LogP contribution in [0.4, 0.5) is 4.79 Å². The van der Waals surface area contributed by atoms with Crippen molar-refractivity contribution < 1.29 is 17.9 Å². The molecule has 0 aliphatic heterocycles. The SMILES string of the molecule is CN(Cc1cn(S(=O)(=O)c2cccnc2)c2cc(Br)ccc12)C(=O)OC(C)(C)C. The minimum Gasteiger partial charge on any atom is -0.444 e. The van der Waals surface area contributed by atoms with E-state index in [9.17, 15) is 13.2 Å². The topological polar surface area (TPSA) is 81.5 Å². The zero-order chi connectivity index (χ0) is 21.4. The summed E-state index contributed by atoms with van der Waals surface area (Å²) < 4.78 is 33.7. The largest absolute Gasteiger partial charge is 0.444 e. The Labute approximate surface area is 178 Å². The van der Waals surface area contributed by atoms with E-state index in [4.69, 9.17) is 4.74 Å². The molecule has 2 heterocycles. The molecule has 1 amide bonds. The number of hydrogen-bond donors (Lipinski definition) is 0. The van der Waals surface area contributed by atoms with Crippen LogP contribution in [0.2, 0.25) is 0 Å². The van der Waals surface area contributed by atoms with Gasteiger partial charge in [-0.15, -0.1) is 0 Å². The minimum absolute atomic E-state index is 0.0870. The van der Waals surface area contributed by atoms with E-state index in [1.165, 1.54) is 27.3 Å². The Morgan fingerprint density at radius 1 is 1.28 bits per heavy atom. The third kappa shape index (κ3) is 4.62. The van der Waals surface area contributed by atoms with Gasteiger partial charge in [-0.2, -0.15) is 0 Å². The van der Waals surface area contributed by atoms with Gasteiger partial charge in [0.05, 0.1) is 12.1 Å². The number of amides is 1. The maximum atomic E-state index is 13.2. The normalized spacial score (nSPS) is 12.2. The molecule has 0 radical (unpaired) electrons. The molecule has 0 aliphatic carbocycles. The number of carbonyl (C=O) groups excluding carboxylic acids is 1.